The number of furan rings is 1. The summed E-state index contributed by atoms with van der Waals surface area (Å²) < 4.78 is 7.06. The number of hydrogen-bond donors (Lipinski definition) is 2. The first-order chi connectivity index (χ1) is 21.0. The molecule has 2 aromatic heterocycles. The second-order valence-corrected chi connectivity index (χ2v) is 10.5. The van der Waals surface area contributed by atoms with Crippen molar-refractivity contribution in [2.24, 2.45) is 0 Å². The van der Waals surface area contributed by atoms with Gasteiger partial charge in [0, 0.05) is 31.9 Å². The Hall–Kier alpha value is -5.14. The van der Waals surface area contributed by atoms with Gasteiger partial charge in [-0.25, -0.2) is 19.8 Å². The Morgan fingerprint density at radius 1 is 0.605 bits per heavy atom. The van der Waals surface area contributed by atoms with Crippen LogP contribution in [0.25, 0.3) is 60.9 Å². The minimum Gasteiger partial charge on any atom is -0.456 e. The van der Waals surface area contributed by atoms with Gasteiger partial charge in [0.1, 0.15) is 11.2 Å². The summed E-state index contributed by atoms with van der Waals surface area (Å²) in [5.74, 6) is 1.87. The van der Waals surface area contributed by atoms with Crippen LogP contribution in [-0.4, -0.2) is 32.1 Å². The smallest absolute Gasteiger partial charge is 0.456 e. The normalized spacial score (nSPS) is 10.7. The van der Waals surface area contributed by atoms with E-state index in [9.17, 15) is 0 Å². The van der Waals surface area contributed by atoms with E-state index < -0.39 is 7.12 Å². The van der Waals surface area contributed by atoms with Crippen LogP contribution in [0.2, 0.25) is 0 Å². The maximum absolute atomic E-state index is 8.67. The Morgan fingerprint density at radius 2 is 1.21 bits per heavy atom. The fourth-order valence-electron chi connectivity index (χ4n) is 4.56. The van der Waals surface area contributed by atoms with Crippen molar-refractivity contribution in [2.45, 2.75) is 0 Å². The minimum atomic E-state index is -1.45. The van der Waals surface area contributed by atoms with Crippen LogP contribution in [0.3, 0.4) is 0 Å². The number of hydrogen-bond acceptors (Lipinski definition) is 6. The van der Waals surface area contributed by atoms with Crippen LogP contribution in [0.1, 0.15) is 0 Å². The van der Waals surface area contributed by atoms with Crippen LogP contribution in [-0.2, 0) is 0 Å². The van der Waals surface area contributed by atoms with Gasteiger partial charge in [-0.3, -0.25) is 0 Å². The molecule has 0 atom stereocenters. The molecule has 7 aromatic rings. The zero-order valence-corrected chi connectivity index (χ0v) is 24.2. The third-order valence-electron chi connectivity index (χ3n) is 6.71. The predicted molar refractivity (Wildman–Crippen MR) is 174 cm³/mol. The monoisotopic (exact) mass is 624 g/mol. The summed E-state index contributed by atoms with van der Waals surface area (Å²) in [4.78, 5) is 17.6. The second kappa shape index (κ2) is 12.4. The van der Waals surface area contributed by atoms with Crippen LogP contribution >= 0.6 is 15.9 Å². The molecule has 5 aromatic carbocycles. The number of para-hydroxylation sites is 1. The molecule has 2 N–H and O–H groups in total. The van der Waals surface area contributed by atoms with Gasteiger partial charge in [0.2, 0.25) is 0 Å². The largest absolute Gasteiger partial charge is 0.488 e. The van der Waals surface area contributed by atoms with E-state index >= 15 is 0 Å². The molecule has 7 nitrogen and oxygen atoms in total. The van der Waals surface area contributed by atoms with Gasteiger partial charge in [0.15, 0.2) is 23.2 Å². The van der Waals surface area contributed by atoms with Crippen molar-refractivity contribution in [3.63, 3.8) is 0 Å². The highest BCUT2D eigenvalue weighted by Gasteiger charge is 2.14. The first-order valence-electron chi connectivity index (χ1n) is 13.3. The van der Waals surface area contributed by atoms with E-state index in [4.69, 9.17) is 36.0 Å². The Kier molecular flexibility index (Phi) is 8.07. The molecule has 206 valence electrons. The summed E-state index contributed by atoms with van der Waals surface area (Å²) in [7, 11) is -1.45. The van der Waals surface area contributed by atoms with E-state index in [1.807, 2.05) is 84.9 Å². The number of fused-ring (bicyclic) bond motifs is 3. The van der Waals surface area contributed by atoms with Crippen molar-refractivity contribution in [1.29, 1.82) is 0 Å². The first-order valence-corrected chi connectivity index (χ1v) is 14.1. The van der Waals surface area contributed by atoms with Crippen molar-refractivity contribution in [3.05, 3.63) is 137 Å². The highest BCUT2D eigenvalue weighted by Crippen LogP contribution is 2.32. The molecular formula is C34H22BBrN4O3. The number of halogens is 1. The van der Waals surface area contributed by atoms with Crippen LogP contribution in [0, 0.1) is 6.57 Å². The summed E-state index contributed by atoms with van der Waals surface area (Å²) in [6, 6.07) is 38.2. The molecule has 0 saturated carbocycles. The van der Waals surface area contributed by atoms with Crippen molar-refractivity contribution in [3.8, 4) is 34.2 Å². The zero-order valence-electron chi connectivity index (χ0n) is 22.6. The summed E-state index contributed by atoms with van der Waals surface area (Å²) in [5, 5.41) is 19.5. The van der Waals surface area contributed by atoms with Gasteiger partial charge in [-0.05, 0) is 35.8 Å². The van der Waals surface area contributed by atoms with Gasteiger partial charge in [0.25, 0.3) is 0 Å². The number of nitrogens with zero attached hydrogens (tertiary/aromatic N) is 4. The van der Waals surface area contributed by atoms with Gasteiger partial charge in [-0.2, -0.15) is 0 Å². The van der Waals surface area contributed by atoms with Crippen LogP contribution in [0.5, 0.6) is 0 Å². The number of rotatable bonds is 4. The molecule has 0 unspecified atom stereocenters. The molecule has 0 spiro atoms. The molecule has 7 rings (SSSR count). The Labute approximate surface area is 256 Å². The molecule has 2 heterocycles. The van der Waals surface area contributed by atoms with E-state index in [0.29, 0.717) is 28.6 Å². The van der Waals surface area contributed by atoms with E-state index in [-0.39, 0.29) is 0 Å². The molecule has 0 bridgehead atoms. The number of benzene rings is 5. The molecule has 43 heavy (non-hydrogen) atoms. The van der Waals surface area contributed by atoms with Gasteiger partial charge in [-0.1, -0.05) is 107 Å². The summed E-state index contributed by atoms with van der Waals surface area (Å²) in [6.07, 6.45) is 0. The fourth-order valence-corrected chi connectivity index (χ4v) is 4.96. The lowest BCUT2D eigenvalue weighted by atomic mass is 9.80. The molecular weight excluding hydrogens is 603 g/mol. The summed E-state index contributed by atoms with van der Waals surface area (Å²) in [5.41, 5.74) is 5.32. The molecule has 0 aliphatic carbocycles. The average Bonchev–Trinajstić information content (AvgIpc) is 3.43. The lowest BCUT2D eigenvalue weighted by Gasteiger charge is -2.08. The van der Waals surface area contributed by atoms with Gasteiger partial charge < -0.3 is 14.5 Å². The molecule has 9 heteroatoms. The Morgan fingerprint density at radius 3 is 1.88 bits per heavy atom. The van der Waals surface area contributed by atoms with E-state index in [2.05, 4.69) is 32.9 Å². The topological polar surface area (TPSA) is 96.6 Å². The van der Waals surface area contributed by atoms with Crippen LogP contribution < -0.4 is 5.46 Å². The second-order valence-electron chi connectivity index (χ2n) is 9.57. The predicted octanol–water partition coefficient (Wildman–Crippen LogP) is 7.45. The molecule has 0 amide bonds. The van der Waals surface area contributed by atoms with Crippen molar-refractivity contribution < 1.29 is 14.5 Å². The quantitative estimate of drug-likeness (QED) is 0.156. The first kappa shape index (κ1) is 28.0. The van der Waals surface area contributed by atoms with E-state index in [0.717, 1.165) is 43.1 Å². The lowest BCUT2D eigenvalue weighted by Crippen LogP contribution is -2.29. The molecule has 0 aliphatic rings. The Balaban J connectivity index is 0.000000254. The average molecular weight is 625 g/mol. The fraction of sp³-hybridized carbons (Fsp3) is 0. The third kappa shape index (κ3) is 6.22. The Bertz CT molecular complexity index is 2090. The van der Waals surface area contributed by atoms with Crippen molar-refractivity contribution in [1.82, 2.24) is 15.0 Å². The van der Waals surface area contributed by atoms with Gasteiger partial charge in [0.05, 0.1) is 6.57 Å². The van der Waals surface area contributed by atoms with Crippen LogP contribution in [0.4, 0.5) is 5.69 Å². The summed E-state index contributed by atoms with van der Waals surface area (Å²) >= 11 is 3.55. The number of aromatic nitrogens is 3. The van der Waals surface area contributed by atoms with Crippen molar-refractivity contribution in [2.75, 3.05) is 0 Å². The van der Waals surface area contributed by atoms with Gasteiger partial charge in [-0.15, -0.1) is 0 Å². The zero-order chi connectivity index (χ0) is 29.8. The highest BCUT2D eigenvalue weighted by molar-refractivity contribution is 9.10. The molecule has 0 fully saturated rings. The minimum absolute atomic E-state index is 0.400. The standard InChI is InChI=1S/C27H16BrN3O.C7H6BNO2/c28-20-10-6-9-18(15-20)26-29-25(17-7-2-1-3-8-17)30-27(31-26)19-13-14-22-21-11-4-5-12-23(21)32-24(22)16-19;1-9-7-4-2-6(3-5-7)8(10)11/h1-16H;2-5,10-11H. The van der Waals surface area contributed by atoms with Gasteiger partial charge >= 0.3 is 7.12 Å². The van der Waals surface area contributed by atoms with E-state index in [1.165, 1.54) is 12.1 Å². The SMILES string of the molecule is Brc1cccc(-c2nc(-c3ccccc3)nc(-c3ccc4c(c3)oc3ccccc34)n2)c1.[C-]#[N+]c1ccc(B(O)O)cc1. The van der Waals surface area contributed by atoms with Crippen molar-refractivity contribution >= 4 is 56.1 Å². The maximum Gasteiger partial charge on any atom is 0.488 e. The molecule has 0 aliphatic heterocycles. The maximum atomic E-state index is 8.67. The van der Waals surface area contributed by atoms with Crippen LogP contribution in [0.15, 0.2) is 130 Å². The van der Waals surface area contributed by atoms with E-state index in [1.54, 1.807) is 12.1 Å². The lowest BCUT2D eigenvalue weighted by molar-refractivity contribution is 0.426. The third-order valence-corrected chi connectivity index (χ3v) is 7.20. The molecule has 0 radical (unpaired) electrons. The molecule has 0 saturated heterocycles. The summed E-state index contributed by atoms with van der Waals surface area (Å²) in [6.45, 7) is 6.62. The highest BCUT2D eigenvalue weighted by atomic mass is 79.9.